The van der Waals surface area contributed by atoms with Gasteiger partial charge >= 0.3 is 0 Å². The first-order valence-corrected chi connectivity index (χ1v) is 14.9. The minimum atomic E-state index is 0.881. The summed E-state index contributed by atoms with van der Waals surface area (Å²) < 4.78 is 2.22. The van der Waals surface area contributed by atoms with Crippen LogP contribution in [-0.2, 0) is 0 Å². The highest BCUT2D eigenvalue weighted by atomic mass is 15.0. The van der Waals surface area contributed by atoms with Crippen LogP contribution in [0.2, 0.25) is 0 Å². The van der Waals surface area contributed by atoms with Gasteiger partial charge in [0.2, 0.25) is 0 Å². The summed E-state index contributed by atoms with van der Waals surface area (Å²) >= 11 is 0. The highest BCUT2D eigenvalue weighted by Gasteiger charge is 2.12. The van der Waals surface area contributed by atoms with Crippen LogP contribution < -0.4 is 5.73 Å². The topological polar surface area (TPSA) is 30.9 Å². The lowest BCUT2D eigenvalue weighted by atomic mass is 9.91. The van der Waals surface area contributed by atoms with E-state index in [4.69, 9.17) is 5.73 Å². The molecule has 0 atom stereocenters. The molecule has 2 heteroatoms. The SMILES string of the molecule is C=C(/C=C\C(=C/N)c1cccc(-c2ccc3c4ccccc4c4ccccc4c3c2)c1)n1c2ccccc2c2ccccc21. The fraction of sp³-hybridized carbons (Fsp3) is 0. The van der Waals surface area contributed by atoms with Crippen LogP contribution in [0.5, 0.6) is 0 Å². The van der Waals surface area contributed by atoms with Gasteiger partial charge in [-0.2, -0.15) is 0 Å². The van der Waals surface area contributed by atoms with Crippen molar-refractivity contribution in [3.05, 3.63) is 170 Å². The molecule has 1 aromatic heterocycles. The van der Waals surface area contributed by atoms with Crippen LogP contribution >= 0.6 is 0 Å². The molecule has 0 radical (unpaired) electrons. The molecule has 7 aromatic carbocycles. The number of hydrogen-bond donors (Lipinski definition) is 1. The number of fused-ring (bicyclic) bond motifs is 9. The van der Waals surface area contributed by atoms with Crippen molar-refractivity contribution in [2.45, 2.75) is 0 Å². The van der Waals surface area contributed by atoms with Crippen molar-refractivity contribution in [2.24, 2.45) is 5.73 Å². The maximum atomic E-state index is 6.22. The van der Waals surface area contributed by atoms with E-state index in [1.807, 2.05) is 0 Å². The molecule has 1 heterocycles. The maximum absolute atomic E-state index is 6.22. The molecule has 0 unspecified atom stereocenters. The third-order valence-corrected chi connectivity index (χ3v) is 8.78. The second-order valence-corrected chi connectivity index (χ2v) is 11.2. The van der Waals surface area contributed by atoms with E-state index in [2.05, 4.69) is 163 Å². The molecule has 8 aromatic rings. The highest BCUT2D eigenvalue weighted by Crippen LogP contribution is 2.37. The smallest absolute Gasteiger partial charge is 0.0540 e. The zero-order valence-electron chi connectivity index (χ0n) is 24.2. The molecule has 44 heavy (non-hydrogen) atoms. The van der Waals surface area contributed by atoms with E-state index in [0.29, 0.717) is 0 Å². The summed E-state index contributed by atoms with van der Waals surface area (Å²) in [6.07, 6.45) is 5.79. The minimum absolute atomic E-state index is 0.881. The maximum Gasteiger partial charge on any atom is 0.0540 e. The molecule has 0 amide bonds. The van der Waals surface area contributed by atoms with Gasteiger partial charge < -0.3 is 10.3 Å². The minimum Gasteiger partial charge on any atom is -0.404 e. The lowest BCUT2D eigenvalue weighted by Gasteiger charge is -2.13. The summed E-state index contributed by atoms with van der Waals surface area (Å²) in [6, 6.07) is 49.8. The van der Waals surface area contributed by atoms with Crippen molar-refractivity contribution in [3.8, 4) is 11.1 Å². The van der Waals surface area contributed by atoms with Gasteiger partial charge in [0.05, 0.1) is 11.0 Å². The standard InChI is InChI=1S/C42H30N2/c1-28(44-41-19-8-6-17-38(41)39-18-7-9-20-42(39)44)21-22-32(27-43)30-12-10-11-29(25-30)31-23-24-37-35-15-3-2-13-33(35)34-14-4-5-16-36(34)40(37)26-31/h2-27H,1,43H2/b22-21-,32-27+. The summed E-state index contributed by atoms with van der Waals surface area (Å²) in [5.41, 5.74) is 13.7. The molecule has 0 aliphatic heterocycles. The first kappa shape index (κ1) is 25.8. The van der Waals surface area contributed by atoms with Crippen LogP contribution in [0.1, 0.15) is 5.56 Å². The molecule has 208 valence electrons. The van der Waals surface area contributed by atoms with Crippen molar-refractivity contribution in [1.29, 1.82) is 0 Å². The van der Waals surface area contributed by atoms with Crippen LogP contribution in [0.4, 0.5) is 0 Å². The molecule has 0 aliphatic carbocycles. The van der Waals surface area contributed by atoms with E-state index in [0.717, 1.165) is 33.4 Å². The molecule has 0 aliphatic rings. The first-order chi connectivity index (χ1) is 21.7. The van der Waals surface area contributed by atoms with Gasteiger partial charge in [-0.3, -0.25) is 0 Å². The third-order valence-electron chi connectivity index (χ3n) is 8.78. The Labute approximate surface area is 256 Å². The lowest BCUT2D eigenvalue weighted by Crippen LogP contribution is -1.94. The molecule has 0 bridgehead atoms. The molecule has 2 nitrogen and oxygen atoms in total. The average Bonchev–Trinajstić information content (AvgIpc) is 3.43. The van der Waals surface area contributed by atoms with E-state index in [1.165, 1.54) is 48.7 Å². The van der Waals surface area contributed by atoms with E-state index >= 15 is 0 Å². The van der Waals surface area contributed by atoms with Gasteiger partial charge in [-0.05, 0) is 84.9 Å². The van der Waals surface area contributed by atoms with Crippen molar-refractivity contribution in [2.75, 3.05) is 0 Å². The van der Waals surface area contributed by atoms with Crippen molar-refractivity contribution in [1.82, 2.24) is 4.57 Å². The van der Waals surface area contributed by atoms with Gasteiger partial charge in [0.25, 0.3) is 0 Å². The van der Waals surface area contributed by atoms with Crippen LogP contribution in [-0.4, -0.2) is 4.57 Å². The number of benzene rings is 7. The predicted octanol–water partition coefficient (Wildman–Crippen LogP) is 10.9. The Balaban J connectivity index is 1.18. The van der Waals surface area contributed by atoms with Gasteiger partial charge in [-0.1, -0.05) is 128 Å². The third kappa shape index (κ3) is 4.11. The van der Waals surface area contributed by atoms with E-state index < -0.39 is 0 Å². The summed E-state index contributed by atoms with van der Waals surface area (Å²) in [4.78, 5) is 0. The molecular formula is C42H30N2. The average molecular weight is 563 g/mol. The van der Waals surface area contributed by atoms with E-state index in [-0.39, 0.29) is 0 Å². The number of aromatic nitrogens is 1. The summed E-state index contributed by atoms with van der Waals surface area (Å²) in [5, 5.41) is 10.1. The Hall–Kier alpha value is -5.86. The van der Waals surface area contributed by atoms with Gasteiger partial charge in [-0.25, -0.2) is 0 Å². The first-order valence-electron chi connectivity index (χ1n) is 14.9. The quantitative estimate of drug-likeness (QED) is 0.164. The predicted molar refractivity (Wildman–Crippen MR) is 190 cm³/mol. The Kier molecular flexibility index (Phi) is 6.13. The lowest BCUT2D eigenvalue weighted by molar-refractivity contribution is 1.24. The largest absolute Gasteiger partial charge is 0.404 e. The van der Waals surface area contributed by atoms with Crippen molar-refractivity contribution < 1.29 is 0 Å². The normalized spacial score (nSPS) is 12.3. The zero-order chi connectivity index (χ0) is 29.6. The molecular weight excluding hydrogens is 532 g/mol. The van der Waals surface area contributed by atoms with Crippen molar-refractivity contribution >= 4 is 65.4 Å². The van der Waals surface area contributed by atoms with Gasteiger partial charge in [0.1, 0.15) is 0 Å². The molecule has 2 N–H and O–H groups in total. The second kappa shape index (κ2) is 10.4. The fourth-order valence-electron chi connectivity index (χ4n) is 6.71. The van der Waals surface area contributed by atoms with E-state index in [9.17, 15) is 0 Å². The summed E-state index contributed by atoms with van der Waals surface area (Å²) in [6.45, 7) is 4.45. The van der Waals surface area contributed by atoms with Crippen LogP contribution in [0.25, 0.3) is 76.5 Å². The molecule has 0 saturated carbocycles. The number of para-hydroxylation sites is 2. The zero-order valence-corrected chi connectivity index (χ0v) is 24.2. The van der Waals surface area contributed by atoms with Crippen LogP contribution in [0.3, 0.4) is 0 Å². The van der Waals surface area contributed by atoms with Gasteiger partial charge in [0, 0.05) is 22.7 Å². The van der Waals surface area contributed by atoms with Crippen molar-refractivity contribution in [3.63, 3.8) is 0 Å². The number of allylic oxidation sites excluding steroid dienone is 4. The second-order valence-electron chi connectivity index (χ2n) is 11.2. The Morgan fingerprint density at radius 1 is 0.477 bits per heavy atom. The van der Waals surface area contributed by atoms with Crippen LogP contribution in [0, 0.1) is 0 Å². The molecule has 0 fully saturated rings. The Morgan fingerprint density at radius 2 is 0.977 bits per heavy atom. The number of nitrogens with two attached hydrogens (primary N) is 1. The Morgan fingerprint density at radius 3 is 1.57 bits per heavy atom. The molecule has 0 spiro atoms. The molecule has 0 saturated heterocycles. The van der Waals surface area contributed by atoms with Gasteiger partial charge in [-0.15, -0.1) is 0 Å². The molecule has 8 rings (SSSR count). The highest BCUT2D eigenvalue weighted by molar-refractivity contribution is 6.25. The van der Waals surface area contributed by atoms with Crippen LogP contribution in [0.15, 0.2) is 164 Å². The summed E-state index contributed by atoms with van der Waals surface area (Å²) in [5.74, 6) is 0. The number of rotatable bonds is 5. The summed E-state index contributed by atoms with van der Waals surface area (Å²) in [7, 11) is 0. The van der Waals surface area contributed by atoms with E-state index in [1.54, 1.807) is 6.20 Å². The number of nitrogens with zero attached hydrogens (tertiary/aromatic N) is 1. The number of hydrogen-bond acceptors (Lipinski definition) is 1. The fourth-order valence-corrected chi connectivity index (χ4v) is 6.71. The Bertz CT molecular complexity index is 2380. The van der Waals surface area contributed by atoms with Gasteiger partial charge in [0.15, 0.2) is 0 Å². The monoisotopic (exact) mass is 562 g/mol.